The molecule has 0 unspecified atom stereocenters. The Labute approximate surface area is 184 Å². The second-order valence-electron chi connectivity index (χ2n) is 6.87. The van der Waals surface area contributed by atoms with Crippen LogP contribution >= 0.6 is 11.8 Å². The van der Waals surface area contributed by atoms with Gasteiger partial charge in [0.1, 0.15) is 5.82 Å². The molecule has 8 heteroatoms. The molecule has 156 valence electrons. The largest absolute Gasteiger partial charge is 0.264 e. The molecule has 2 heterocycles. The van der Waals surface area contributed by atoms with Crippen molar-refractivity contribution in [2.75, 3.05) is 6.26 Å². The van der Waals surface area contributed by atoms with Gasteiger partial charge in [-0.15, -0.1) is 0 Å². The van der Waals surface area contributed by atoms with E-state index >= 15 is 0 Å². The third-order valence-corrected chi connectivity index (χ3v) is 6.64. The molecule has 0 radical (unpaired) electrons. The van der Waals surface area contributed by atoms with Crippen LogP contribution in [0, 0.1) is 5.82 Å². The minimum atomic E-state index is -3.22. The summed E-state index contributed by atoms with van der Waals surface area (Å²) in [5, 5.41) is 0.580. The summed E-state index contributed by atoms with van der Waals surface area (Å²) in [5.74, 6) is 0.286. The van der Waals surface area contributed by atoms with Crippen LogP contribution in [0.2, 0.25) is 0 Å². The van der Waals surface area contributed by atoms with Crippen LogP contribution in [0.5, 0.6) is 0 Å². The number of benzene rings is 2. The highest BCUT2D eigenvalue weighted by Crippen LogP contribution is 2.32. The van der Waals surface area contributed by atoms with Gasteiger partial charge in [-0.05, 0) is 47.5 Å². The average molecular weight is 452 g/mol. The molecule has 0 aliphatic heterocycles. The van der Waals surface area contributed by atoms with Crippen molar-refractivity contribution < 1.29 is 12.8 Å². The van der Waals surface area contributed by atoms with Crippen LogP contribution in [0.25, 0.3) is 22.4 Å². The van der Waals surface area contributed by atoms with E-state index in [1.807, 2.05) is 12.1 Å². The predicted molar refractivity (Wildman–Crippen MR) is 120 cm³/mol. The van der Waals surface area contributed by atoms with Crippen molar-refractivity contribution in [1.82, 2.24) is 15.0 Å². The van der Waals surface area contributed by atoms with Crippen LogP contribution in [0.15, 0.2) is 89.3 Å². The molecular formula is C23H18FN3O2S2. The number of thioether (sulfide) groups is 1. The number of nitrogens with zero attached hydrogens (tertiary/aromatic N) is 3. The minimum absolute atomic E-state index is 0.292. The molecule has 0 bridgehead atoms. The van der Waals surface area contributed by atoms with Gasteiger partial charge in [0.2, 0.25) is 0 Å². The first-order chi connectivity index (χ1) is 14.9. The fourth-order valence-corrected chi connectivity index (χ4v) is 4.38. The van der Waals surface area contributed by atoms with E-state index in [4.69, 9.17) is 4.98 Å². The first kappa shape index (κ1) is 21.1. The van der Waals surface area contributed by atoms with Gasteiger partial charge < -0.3 is 0 Å². The van der Waals surface area contributed by atoms with Crippen molar-refractivity contribution in [3.63, 3.8) is 0 Å². The van der Waals surface area contributed by atoms with E-state index in [0.29, 0.717) is 21.5 Å². The van der Waals surface area contributed by atoms with E-state index in [9.17, 15) is 12.8 Å². The van der Waals surface area contributed by atoms with Gasteiger partial charge in [-0.3, -0.25) is 4.98 Å². The highest BCUT2D eigenvalue weighted by molar-refractivity contribution is 7.98. The van der Waals surface area contributed by atoms with Crippen LogP contribution < -0.4 is 0 Å². The molecule has 0 aliphatic rings. The smallest absolute Gasteiger partial charge is 0.188 e. The van der Waals surface area contributed by atoms with Gasteiger partial charge in [-0.1, -0.05) is 36.0 Å². The topological polar surface area (TPSA) is 72.8 Å². The summed E-state index contributed by atoms with van der Waals surface area (Å²) in [6.45, 7) is 0. The Morgan fingerprint density at radius 3 is 2.32 bits per heavy atom. The maximum atomic E-state index is 13.4. The lowest BCUT2D eigenvalue weighted by Crippen LogP contribution is -1.97. The summed E-state index contributed by atoms with van der Waals surface area (Å²) >= 11 is 1.45. The predicted octanol–water partition coefficient (Wildman–Crippen LogP) is 5.04. The molecule has 31 heavy (non-hydrogen) atoms. The molecule has 4 aromatic rings. The summed E-state index contributed by atoms with van der Waals surface area (Å²) in [5.41, 5.74) is 4.11. The SMILES string of the molecule is CS(=O)(=O)c1ccc(CSc2ncc(-c3ccc(F)cc3)c(-c3cccnc3)n2)cc1. The Hall–Kier alpha value is -3.10. The van der Waals surface area contributed by atoms with Crippen LogP contribution in [-0.2, 0) is 15.6 Å². The molecule has 0 spiro atoms. The summed E-state index contributed by atoms with van der Waals surface area (Å²) in [4.78, 5) is 13.7. The molecule has 0 saturated heterocycles. The summed E-state index contributed by atoms with van der Waals surface area (Å²) in [7, 11) is -3.22. The molecule has 4 rings (SSSR count). The van der Waals surface area contributed by atoms with Gasteiger partial charge in [0.15, 0.2) is 15.0 Å². The number of sulfone groups is 1. The monoisotopic (exact) mass is 451 g/mol. The van der Waals surface area contributed by atoms with Crippen molar-refractivity contribution in [3.05, 3.63) is 90.6 Å². The first-order valence-electron chi connectivity index (χ1n) is 9.35. The first-order valence-corrected chi connectivity index (χ1v) is 12.2. The van der Waals surface area contributed by atoms with Gasteiger partial charge in [0, 0.05) is 41.7 Å². The van der Waals surface area contributed by atoms with Gasteiger partial charge in [0.05, 0.1) is 10.6 Å². The van der Waals surface area contributed by atoms with Crippen molar-refractivity contribution in [2.45, 2.75) is 15.8 Å². The van der Waals surface area contributed by atoms with Crippen LogP contribution in [0.4, 0.5) is 4.39 Å². The van der Waals surface area contributed by atoms with E-state index in [1.165, 1.54) is 30.2 Å². The van der Waals surface area contributed by atoms with Crippen molar-refractivity contribution in [2.24, 2.45) is 0 Å². The number of rotatable bonds is 6. The normalized spacial score (nSPS) is 11.4. The van der Waals surface area contributed by atoms with Crippen molar-refractivity contribution >= 4 is 21.6 Å². The number of aromatic nitrogens is 3. The Kier molecular flexibility index (Phi) is 6.11. The fraction of sp³-hybridized carbons (Fsp3) is 0.0870. The van der Waals surface area contributed by atoms with Crippen LogP contribution in [0.1, 0.15) is 5.56 Å². The Balaban J connectivity index is 1.63. The molecule has 2 aromatic carbocycles. The Bertz CT molecular complexity index is 1300. The third-order valence-electron chi connectivity index (χ3n) is 4.58. The number of pyridine rings is 1. The fourth-order valence-electron chi connectivity index (χ4n) is 2.98. The van der Waals surface area contributed by atoms with Crippen LogP contribution in [-0.4, -0.2) is 29.6 Å². The van der Waals surface area contributed by atoms with E-state index in [1.54, 1.807) is 55.0 Å². The number of hydrogen-bond donors (Lipinski definition) is 0. The van der Waals surface area contributed by atoms with E-state index < -0.39 is 9.84 Å². The number of hydrogen-bond acceptors (Lipinski definition) is 6. The number of halogens is 1. The highest BCUT2D eigenvalue weighted by atomic mass is 32.2. The zero-order valence-corrected chi connectivity index (χ0v) is 18.2. The third kappa shape index (κ3) is 5.15. The average Bonchev–Trinajstić information content (AvgIpc) is 2.78. The molecule has 0 amide bonds. The molecule has 0 aliphatic carbocycles. The van der Waals surface area contributed by atoms with Crippen LogP contribution in [0.3, 0.4) is 0 Å². The van der Waals surface area contributed by atoms with E-state index in [0.717, 1.165) is 22.3 Å². The molecule has 0 fully saturated rings. The summed E-state index contributed by atoms with van der Waals surface area (Å²) in [6.07, 6.45) is 6.34. The van der Waals surface area contributed by atoms with Gasteiger partial charge in [-0.2, -0.15) is 0 Å². The minimum Gasteiger partial charge on any atom is -0.264 e. The maximum absolute atomic E-state index is 13.4. The Morgan fingerprint density at radius 1 is 0.935 bits per heavy atom. The summed E-state index contributed by atoms with van der Waals surface area (Å²) in [6, 6.07) is 16.7. The zero-order chi connectivity index (χ0) is 21.8. The quantitative estimate of drug-likeness (QED) is 0.302. The molecule has 2 aromatic heterocycles. The van der Waals surface area contributed by atoms with E-state index in [2.05, 4.69) is 9.97 Å². The van der Waals surface area contributed by atoms with Gasteiger partial charge >= 0.3 is 0 Å². The standard InChI is InChI=1S/C23H18FN3O2S2/c1-31(28,29)20-10-4-16(5-11-20)15-30-23-26-14-21(17-6-8-19(24)9-7-17)22(27-23)18-3-2-12-25-13-18/h2-14H,15H2,1H3. The second-order valence-corrected chi connectivity index (χ2v) is 9.83. The highest BCUT2D eigenvalue weighted by Gasteiger charge is 2.13. The molecule has 0 saturated carbocycles. The van der Waals surface area contributed by atoms with Crippen molar-refractivity contribution in [3.8, 4) is 22.4 Å². The molecule has 0 atom stereocenters. The van der Waals surface area contributed by atoms with E-state index in [-0.39, 0.29) is 5.82 Å². The van der Waals surface area contributed by atoms with Gasteiger partial charge in [0.25, 0.3) is 0 Å². The Morgan fingerprint density at radius 2 is 1.68 bits per heavy atom. The lowest BCUT2D eigenvalue weighted by molar-refractivity contribution is 0.602. The van der Waals surface area contributed by atoms with Crippen molar-refractivity contribution in [1.29, 1.82) is 0 Å². The van der Waals surface area contributed by atoms with Gasteiger partial charge in [-0.25, -0.2) is 22.8 Å². The second kappa shape index (κ2) is 8.95. The lowest BCUT2D eigenvalue weighted by Gasteiger charge is -2.11. The maximum Gasteiger partial charge on any atom is 0.188 e. The lowest BCUT2D eigenvalue weighted by atomic mass is 10.0. The molecular weight excluding hydrogens is 433 g/mol. The summed E-state index contributed by atoms with van der Waals surface area (Å²) < 4.78 is 36.6. The molecule has 5 nitrogen and oxygen atoms in total. The zero-order valence-electron chi connectivity index (χ0n) is 16.6. The molecule has 0 N–H and O–H groups in total.